The van der Waals surface area contributed by atoms with Gasteiger partial charge in [-0.05, 0) is 31.0 Å². The largest absolute Gasteiger partial charge is 0.383 e. The van der Waals surface area contributed by atoms with Crippen molar-refractivity contribution in [2.45, 2.75) is 52.4 Å². The monoisotopic (exact) mass is 464 g/mol. The predicted molar refractivity (Wildman–Crippen MR) is 133 cm³/mol. The second-order valence-electron chi connectivity index (χ2n) is 8.74. The number of anilines is 2. The molecule has 9 nitrogen and oxygen atoms in total. The Morgan fingerprint density at radius 1 is 1.15 bits per heavy atom. The van der Waals surface area contributed by atoms with E-state index in [2.05, 4.69) is 27.4 Å². The summed E-state index contributed by atoms with van der Waals surface area (Å²) in [7, 11) is 0. The number of unbranched alkanes of at least 4 members (excludes halogenated alkanes) is 1. The molecule has 1 aliphatic heterocycles. The molecule has 0 unspecified atom stereocenters. The van der Waals surface area contributed by atoms with E-state index >= 15 is 0 Å². The summed E-state index contributed by atoms with van der Waals surface area (Å²) >= 11 is 0. The highest BCUT2D eigenvalue weighted by atomic mass is 16.2. The van der Waals surface area contributed by atoms with Gasteiger partial charge in [0, 0.05) is 37.6 Å². The third-order valence-electron chi connectivity index (χ3n) is 6.51. The van der Waals surface area contributed by atoms with Gasteiger partial charge in [0.05, 0.1) is 13.1 Å². The molecule has 3 N–H and O–H groups in total. The Kier molecular flexibility index (Phi) is 7.02. The molecule has 1 amide bonds. The molecule has 0 saturated heterocycles. The van der Waals surface area contributed by atoms with Gasteiger partial charge in [-0.15, -0.1) is 0 Å². The smallest absolute Gasteiger partial charge is 0.330 e. The third-order valence-corrected chi connectivity index (χ3v) is 6.51. The molecule has 3 aromatic rings. The van der Waals surface area contributed by atoms with E-state index < -0.39 is 11.2 Å². The molecule has 34 heavy (non-hydrogen) atoms. The first-order valence-corrected chi connectivity index (χ1v) is 11.8. The molecule has 1 atom stereocenters. The molecule has 0 spiro atoms. The van der Waals surface area contributed by atoms with Crippen molar-refractivity contribution in [3.8, 4) is 0 Å². The molecule has 0 bridgehead atoms. The number of benzene rings is 1. The zero-order valence-electron chi connectivity index (χ0n) is 19.7. The molecule has 3 heterocycles. The van der Waals surface area contributed by atoms with Crippen LogP contribution in [0.4, 0.5) is 11.5 Å². The maximum atomic E-state index is 13.7. The number of hydrogen-bond donors (Lipinski definition) is 2. The maximum absolute atomic E-state index is 13.7. The summed E-state index contributed by atoms with van der Waals surface area (Å²) in [4.78, 5) is 45.0. The first-order valence-electron chi connectivity index (χ1n) is 11.8. The Labute approximate surface area is 198 Å². The summed E-state index contributed by atoms with van der Waals surface area (Å²) in [6.45, 7) is 6.28. The van der Waals surface area contributed by atoms with Crippen LogP contribution in [0.15, 0.2) is 58.3 Å². The number of aromatic amines is 1. The average molecular weight is 465 g/mol. The highest BCUT2D eigenvalue weighted by molar-refractivity contribution is 5.96. The molecule has 4 rings (SSSR count). The van der Waals surface area contributed by atoms with Gasteiger partial charge in [-0.2, -0.15) is 0 Å². The molecule has 0 aliphatic carbocycles. The van der Waals surface area contributed by atoms with Crippen LogP contribution in [-0.2, 0) is 24.4 Å². The Hall–Kier alpha value is -3.59. The molecule has 9 heteroatoms. The highest BCUT2D eigenvalue weighted by Crippen LogP contribution is 2.26. The number of nitrogen functional groups attached to an aromatic ring is 1. The Bertz CT molecular complexity index is 1260. The van der Waals surface area contributed by atoms with Crippen molar-refractivity contribution in [3.05, 3.63) is 80.8 Å². The number of nitrogens with zero attached hydrogens (tertiary/aromatic N) is 4. The molecule has 1 aliphatic rings. The SMILES string of the molecule is CCCCn1c(N)c(N(Cc2ccccc2)C(=O)CN2CCn3cccc3[C@@H]2C)c(=O)[nH]c1=O. The first kappa shape index (κ1) is 23.6. The fraction of sp³-hybridized carbons (Fsp3) is 0.400. The van der Waals surface area contributed by atoms with E-state index in [9.17, 15) is 14.4 Å². The quantitative estimate of drug-likeness (QED) is 0.532. The van der Waals surface area contributed by atoms with E-state index in [4.69, 9.17) is 5.73 Å². The topological polar surface area (TPSA) is 109 Å². The van der Waals surface area contributed by atoms with Crippen molar-refractivity contribution in [3.63, 3.8) is 0 Å². The van der Waals surface area contributed by atoms with Crippen molar-refractivity contribution in [1.29, 1.82) is 0 Å². The highest BCUT2D eigenvalue weighted by Gasteiger charge is 2.30. The zero-order valence-corrected chi connectivity index (χ0v) is 19.7. The molecule has 0 fully saturated rings. The van der Waals surface area contributed by atoms with E-state index in [1.165, 1.54) is 9.47 Å². The zero-order chi connectivity index (χ0) is 24.2. The van der Waals surface area contributed by atoms with Crippen LogP contribution in [0, 0.1) is 0 Å². The summed E-state index contributed by atoms with van der Waals surface area (Å²) in [6.07, 6.45) is 3.64. The number of carbonyl (C=O) groups excluding carboxylic acids is 1. The minimum absolute atomic E-state index is 0.0204. The van der Waals surface area contributed by atoms with Gasteiger partial charge in [-0.1, -0.05) is 43.7 Å². The van der Waals surface area contributed by atoms with Crippen molar-refractivity contribution >= 4 is 17.4 Å². The van der Waals surface area contributed by atoms with Crippen LogP contribution in [0.2, 0.25) is 0 Å². The lowest BCUT2D eigenvalue weighted by Crippen LogP contribution is -2.47. The lowest BCUT2D eigenvalue weighted by atomic mass is 10.1. The lowest BCUT2D eigenvalue weighted by Gasteiger charge is -2.35. The van der Waals surface area contributed by atoms with E-state index in [0.717, 1.165) is 37.2 Å². The second kappa shape index (κ2) is 10.1. The van der Waals surface area contributed by atoms with Gasteiger partial charge in [0.15, 0.2) is 5.69 Å². The molecule has 1 aromatic carbocycles. The van der Waals surface area contributed by atoms with Crippen LogP contribution in [-0.4, -0.2) is 38.0 Å². The number of carbonyl (C=O) groups is 1. The van der Waals surface area contributed by atoms with Crippen LogP contribution < -0.4 is 21.9 Å². The van der Waals surface area contributed by atoms with Crippen LogP contribution in [0.3, 0.4) is 0 Å². The first-order chi connectivity index (χ1) is 16.4. The summed E-state index contributed by atoms with van der Waals surface area (Å²) < 4.78 is 3.54. The van der Waals surface area contributed by atoms with E-state index in [1.807, 2.05) is 49.5 Å². The fourth-order valence-electron chi connectivity index (χ4n) is 4.54. The van der Waals surface area contributed by atoms with Crippen molar-refractivity contribution < 1.29 is 4.79 Å². The molecular formula is C25H32N6O3. The van der Waals surface area contributed by atoms with Crippen molar-refractivity contribution in [1.82, 2.24) is 19.0 Å². The van der Waals surface area contributed by atoms with Gasteiger partial charge in [0.1, 0.15) is 5.82 Å². The Morgan fingerprint density at radius 2 is 1.91 bits per heavy atom. The Morgan fingerprint density at radius 3 is 2.65 bits per heavy atom. The fourth-order valence-corrected chi connectivity index (χ4v) is 4.54. The number of fused-ring (bicyclic) bond motifs is 1. The number of nitrogens with one attached hydrogen (secondary N) is 1. The van der Waals surface area contributed by atoms with Crippen molar-refractivity contribution in [2.24, 2.45) is 0 Å². The van der Waals surface area contributed by atoms with E-state index in [1.54, 1.807) is 0 Å². The normalized spacial score (nSPS) is 15.8. The maximum Gasteiger partial charge on any atom is 0.330 e. The summed E-state index contributed by atoms with van der Waals surface area (Å²) in [5.41, 5.74) is 7.19. The molecule has 180 valence electrons. The van der Waals surface area contributed by atoms with Crippen LogP contribution in [0.5, 0.6) is 0 Å². The van der Waals surface area contributed by atoms with E-state index in [-0.39, 0.29) is 36.5 Å². The number of rotatable bonds is 8. The van der Waals surface area contributed by atoms with Gasteiger partial charge >= 0.3 is 5.69 Å². The second-order valence-corrected chi connectivity index (χ2v) is 8.74. The molecule has 0 radical (unpaired) electrons. The molecule has 0 saturated carbocycles. The average Bonchev–Trinajstić information content (AvgIpc) is 3.30. The minimum Gasteiger partial charge on any atom is -0.383 e. The lowest BCUT2D eigenvalue weighted by molar-refractivity contribution is -0.120. The van der Waals surface area contributed by atoms with Gasteiger partial charge < -0.3 is 10.3 Å². The van der Waals surface area contributed by atoms with Crippen LogP contribution >= 0.6 is 0 Å². The summed E-state index contributed by atoms with van der Waals surface area (Å²) in [5, 5.41) is 0. The van der Waals surface area contributed by atoms with Gasteiger partial charge in [-0.3, -0.25) is 28.9 Å². The Balaban J connectivity index is 1.70. The number of H-pyrrole nitrogens is 1. The summed E-state index contributed by atoms with van der Waals surface area (Å²) in [5.74, 6) is -0.222. The van der Waals surface area contributed by atoms with Gasteiger partial charge in [0.25, 0.3) is 5.56 Å². The molecule has 2 aromatic heterocycles. The minimum atomic E-state index is -0.653. The standard InChI is InChI=1S/C25H32N6O3/c1-3-4-13-30-23(26)22(24(33)27-25(30)34)31(16-19-9-6-5-7-10-19)21(32)17-29-15-14-28-12-8-11-20(28)18(29)2/h5-12,18H,3-4,13-17,26H2,1-2H3,(H,27,33,34)/t18-/m0/s1. The van der Waals surface area contributed by atoms with Gasteiger partial charge in [-0.25, -0.2) is 4.79 Å². The third kappa shape index (κ3) is 4.70. The number of aromatic nitrogens is 3. The van der Waals surface area contributed by atoms with E-state index in [0.29, 0.717) is 6.54 Å². The van der Waals surface area contributed by atoms with Crippen LogP contribution in [0.25, 0.3) is 0 Å². The summed E-state index contributed by atoms with van der Waals surface area (Å²) in [6, 6.07) is 13.6. The molecular weight excluding hydrogens is 432 g/mol. The predicted octanol–water partition coefficient (Wildman–Crippen LogP) is 2.33. The number of nitrogens with two attached hydrogens (primary N) is 1. The number of amides is 1. The van der Waals surface area contributed by atoms with Crippen LogP contribution in [0.1, 0.15) is 44.0 Å². The van der Waals surface area contributed by atoms with Gasteiger partial charge in [0.2, 0.25) is 5.91 Å². The van der Waals surface area contributed by atoms with Crippen molar-refractivity contribution in [2.75, 3.05) is 23.7 Å². The number of hydrogen-bond acceptors (Lipinski definition) is 5.